The highest BCUT2D eigenvalue weighted by Crippen LogP contribution is 2.32. The second-order valence-corrected chi connectivity index (χ2v) is 6.11. The third-order valence-corrected chi connectivity index (χ3v) is 4.07. The molecule has 0 saturated carbocycles. The maximum Gasteiger partial charge on any atom is 0.303 e. The minimum Gasteiger partial charge on any atom is -0.481 e. The van der Waals surface area contributed by atoms with Crippen molar-refractivity contribution in [1.82, 2.24) is 4.90 Å². The Hall–Kier alpha value is -0.840. The van der Waals surface area contributed by atoms with Gasteiger partial charge < -0.3 is 5.11 Å². The van der Waals surface area contributed by atoms with Gasteiger partial charge in [0.15, 0.2) is 0 Å². The Bertz CT molecular complexity index is 509. The van der Waals surface area contributed by atoms with Crippen molar-refractivity contribution in [2.75, 3.05) is 6.54 Å². The lowest BCUT2D eigenvalue weighted by molar-refractivity contribution is -0.137. The molecule has 0 amide bonds. The fourth-order valence-corrected chi connectivity index (χ4v) is 2.89. The molecule has 1 atom stereocenters. The van der Waals surface area contributed by atoms with Crippen LogP contribution in [0.5, 0.6) is 0 Å². The van der Waals surface area contributed by atoms with E-state index in [1.165, 1.54) is 12.1 Å². The third-order valence-electron chi connectivity index (χ3n) is 3.46. The van der Waals surface area contributed by atoms with E-state index in [1.54, 1.807) is 0 Å². The number of hydrogen-bond acceptors (Lipinski definition) is 2. The van der Waals surface area contributed by atoms with E-state index >= 15 is 0 Å². The number of halogens is 3. The van der Waals surface area contributed by atoms with Crippen molar-refractivity contribution in [2.24, 2.45) is 0 Å². The summed E-state index contributed by atoms with van der Waals surface area (Å²) >= 11 is 11.9. The molecule has 0 radical (unpaired) electrons. The molecule has 118 valence electrons. The maximum absolute atomic E-state index is 13.7. The van der Waals surface area contributed by atoms with Gasteiger partial charge in [0.2, 0.25) is 0 Å². The van der Waals surface area contributed by atoms with Gasteiger partial charge in [-0.3, -0.25) is 9.69 Å². The van der Waals surface area contributed by atoms with Crippen LogP contribution in [0.3, 0.4) is 0 Å². The van der Waals surface area contributed by atoms with Crippen LogP contribution >= 0.6 is 23.2 Å². The zero-order chi connectivity index (χ0) is 16.2. The summed E-state index contributed by atoms with van der Waals surface area (Å²) in [7, 11) is 0. The van der Waals surface area contributed by atoms with Crippen molar-refractivity contribution in [3.05, 3.63) is 33.6 Å². The van der Waals surface area contributed by atoms with Crippen LogP contribution in [0, 0.1) is 5.82 Å². The first-order valence-electron chi connectivity index (χ1n) is 6.86. The van der Waals surface area contributed by atoms with E-state index in [9.17, 15) is 9.18 Å². The average Bonchev–Trinajstić information content (AvgIpc) is 2.37. The molecule has 3 nitrogen and oxygen atoms in total. The van der Waals surface area contributed by atoms with E-state index < -0.39 is 11.8 Å². The smallest absolute Gasteiger partial charge is 0.303 e. The molecule has 0 aliphatic rings. The van der Waals surface area contributed by atoms with Crippen molar-refractivity contribution >= 4 is 29.2 Å². The van der Waals surface area contributed by atoms with Crippen molar-refractivity contribution < 1.29 is 14.3 Å². The molecule has 0 bridgehead atoms. The molecule has 0 aromatic heterocycles. The molecule has 6 heteroatoms. The van der Waals surface area contributed by atoms with Gasteiger partial charge in [0, 0.05) is 23.5 Å². The number of carboxylic acid groups (broad SMARTS) is 1. The van der Waals surface area contributed by atoms with Gasteiger partial charge in [0.05, 0.1) is 5.02 Å². The summed E-state index contributed by atoms with van der Waals surface area (Å²) in [6, 6.07) is 2.81. The Balaban J connectivity index is 2.92. The van der Waals surface area contributed by atoms with Crippen LogP contribution in [0.15, 0.2) is 12.1 Å². The number of rotatable bonds is 7. The Morgan fingerprint density at radius 1 is 1.29 bits per heavy atom. The first kappa shape index (κ1) is 18.2. The molecule has 1 N–H and O–H groups in total. The Morgan fingerprint density at radius 3 is 2.43 bits per heavy atom. The minimum atomic E-state index is -0.818. The van der Waals surface area contributed by atoms with Crippen molar-refractivity contribution in [1.29, 1.82) is 0 Å². The number of hydrogen-bond donors (Lipinski definition) is 1. The molecule has 0 saturated heterocycles. The van der Waals surface area contributed by atoms with E-state index in [1.807, 2.05) is 20.8 Å². The van der Waals surface area contributed by atoms with Gasteiger partial charge in [-0.1, -0.05) is 23.2 Å². The zero-order valence-electron chi connectivity index (χ0n) is 12.4. The molecule has 1 unspecified atom stereocenters. The van der Waals surface area contributed by atoms with Crippen molar-refractivity contribution in [2.45, 2.75) is 45.7 Å². The summed E-state index contributed by atoms with van der Waals surface area (Å²) in [6.45, 7) is 6.55. The number of aliphatic carboxylic acids is 1. The summed E-state index contributed by atoms with van der Waals surface area (Å²) < 4.78 is 13.7. The maximum atomic E-state index is 13.7. The molecule has 0 spiro atoms. The molecule has 0 aliphatic heterocycles. The van der Waals surface area contributed by atoms with Gasteiger partial charge in [-0.2, -0.15) is 0 Å². The van der Waals surface area contributed by atoms with Crippen LogP contribution in [-0.2, 0) is 4.79 Å². The summed E-state index contributed by atoms with van der Waals surface area (Å²) in [5, 5.41) is 9.14. The van der Waals surface area contributed by atoms with Crippen molar-refractivity contribution in [3.63, 3.8) is 0 Å². The highest BCUT2D eigenvalue weighted by atomic mass is 35.5. The zero-order valence-corrected chi connectivity index (χ0v) is 13.9. The monoisotopic (exact) mass is 335 g/mol. The summed E-state index contributed by atoms with van der Waals surface area (Å²) in [4.78, 5) is 12.7. The molecule has 0 fully saturated rings. The first-order valence-corrected chi connectivity index (χ1v) is 7.61. The normalized spacial score (nSPS) is 13.0. The van der Waals surface area contributed by atoms with Crippen LogP contribution in [0.1, 0.15) is 45.2 Å². The van der Waals surface area contributed by atoms with Gasteiger partial charge in [-0.05, 0) is 51.4 Å². The van der Waals surface area contributed by atoms with Gasteiger partial charge in [0.1, 0.15) is 5.82 Å². The molecule has 1 rings (SSSR count). The summed E-state index contributed by atoms with van der Waals surface area (Å²) in [5.74, 6) is -1.32. The quantitative estimate of drug-likeness (QED) is 0.729. The first-order chi connectivity index (χ1) is 9.73. The van der Waals surface area contributed by atoms with Gasteiger partial charge in [-0.25, -0.2) is 4.39 Å². The van der Waals surface area contributed by atoms with E-state index in [0.29, 0.717) is 23.6 Å². The predicted octanol–water partition coefficient (Wildman–Crippen LogP) is 4.77. The summed E-state index contributed by atoms with van der Waals surface area (Å²) in [6.07, 6.45) is 0.643. The molecular weight excluding hydrogens is 316 g/mol. The average molecular weight is 336 g/mol. The second kappa shape index (κ2) is 7.97. The van der Waals surface area contributed by atoms with Crippen molar-refractivity contribution in [3.8, 4) is 0 Å². The van der Waals surface area contributed by atoms with E-state index in [0.717, 1.165) is 0 Å². The van der Waals surface area contributed by atoms with Crippen LogP contribution in [0.25, 0.3) is 0 Å². The molecular formula is C15H20Cl2FNO2. The number of nitrogens with zero attached hydrogens (tertiary/aromatic N) is 1. The Morgan fingerprint density at radius 2 is 1.90 bits per heavy atom. The highest BCUT2D eigenvalue weighted by molar-refractivity contribution is 6.35. The number of carbonyl (C=O) groups is 1. The van der Waals surface area contributed by atoms with E-state index in [2.05, 4.69) is 4.90 Å². The lowest BCUT2D eigenvalue weighted by Crippen LogP contribution is -2.34. The van der Waals surface area contributed by atoms with Gasteiger partial charge in [-0.15, -0.1) is 0 Å². The van der Waals surface area contributed by atoms with Crippen LogP contribution < -0.4 is 0 Å². The molecule has 1 aromatic carbocycles. The lowest BCUT2D eigenvalue weighted by Gasteiger charge is -2.33. The fourth-order valence-electron chi connectivity index (χ4n) is 2.35. The van der Waals surface area contributed by atoms with E-state index in [-0.39, 0.29) is 23.5 Å². The molecule has 0 heterocycles. The SMILES string of the molecule is CC(C)N(CCCC(=O)O)C(C)c1cc(F)c(Cl)cc1Cl. The minimum absolute atomic E-state index is 0.00192. The van der Waals surface area contributed by atoms with Crippen LogP contribution in [-0.4, -0.2) is 28.6 Å². The van der Waals surface area contributed by atoms with Gasteiger partial charge in [0.25, 0.3) is 0 Å². The largest absolute Gasteiger partial charge is 0.481 e. The molecule has 1 aromatic rings. The highest BCUT2D eigenvalue weighted by Gasteiger charge is 2.22. The van der Waals surface area contributed by atoms with E-state index in [4.69, 9.17) is 28.3 Å². The lowest BCUT2D eigenvalue weighted by atomic mass is 10.0. The number of carboxylic acids is 1. The fraction of sp³-hybridized carbons (Fsp3) is 0.533. The Labute approximate surface area is 134 Å². The second-order valence-electron chi connectivity index (χ2n) is 5.29. The Kier molecular flexibility index (Phi) is 6.91. The van der Waals surface area contributed by atoms with Crippen LogP contribution in [0.4, 0.5) is 4.39 Å². The summed E-state index contributed by atoms with van der Waals surface area (Å²) in [5.41, 5.74) is 0.655. The molecule has 0 aliphatic carbocycles. The standard InChI is InChI=1S/C15H20Cl2FNO2/c1-9(2)19(6-4-5-15(20)21)10(3)11-7-14(18)13(17)8-12(11)16/h7-10H,4-6H2,1-3H3,(H,20,21). The number of benzene rings is 1. The molecule has 21 heavy (non-hydrogen) atoms. The predicted molar refractivity (Wildman–Crippen MR) is 83.5 cm³/mol. The van der Waals surface area contributed by atoms with Crippen LogP contribution in [0.2, 0.25) is 10.0 Å². The van der Waals surface area contributed by atoms with Gasteiger partial charge >= 0.3 is 5.97 Å². The third kappa shape index (κ3) is 5.13. The topological polar surface area (TPSA) is 40.5 Å².